The molecule has 0 aliphatic carbocycles. The summed E-state index contributed by atoms with van der Waals surface area (Å²) in [4.78, 5) is 13.5. The van der Waals surface area contributed by atoms with Crippen LogP contribution in [0.3, 0.4) is 0 Å². The summed E-state index contributed by atoms with van der Waals surface area (Å²) in [5.74, 6) is -0.121. The Morgan fingerprint density at radius 3 is 2.85 bits per heavy atom. The van der Waals surface area contributed by atoms with E-state index in [0.717, 1.165) is 17.1 Å². The molecule has 1 aromatic carbocycles. The van der Waals surface area contributed by atoms with E-state index in [4.69, 9.17) is 11.6 Å². The first kappa shape index (κ1) is 14.9. The zero-order chi connectivity index (χ0) is 14.5. The van der Waals surface area contributed by atoms with Gasteiger partial charge in [-0.05, 0) is 43.5 Å². The van der Waals surface area contributed by atoms with Crippen LogP contribution in [0.25, 0.3) is 0 Å². The fourth-order valence-corrected chi connectivity index (χ4v) is 2.84. The zero-order valence-electron chi connectivity index (χ0n) is 11.4. The van der Waals surface area contributed by atoms with Crippen LogP contribution in [-0.2, 0) is 0 Å². The molecule has 2 N–H and O–H groups in total. The number of carbonyl (C=O) groups excluding carboxylic acids is 1. The minimum atomic E-state index is -0.121. The van der Waals surface area contributed by atoms with Crippen LogP contribution in [-0.4, -0.2) is 12.5 Å². The van der Waals surface area contributed by atoms with Crippen LogP contribution >= 0.6 is 22.9 Å². The predicted molar refractivity (Wildman–Crippen MR) is 85.8 cm³/mol. The van der Waals surface area contributed by atoms with Gasteiger partial charge in [0.2, 0.25) is 0 Å². The summed E-state index contributed by atoms with van der Waals surface area (Å²) in [5, 5.41) is 8.73. The topological polar surface area (TPSA) is 41.1 Å². The van der Waals surface area contributed by atoms with Crippen molar-refractivity contribution >= 4 is 34.5 Å². The first-order valence-electron chi connectivity index (χ1n) is 6.49. The van der Waals surface area contributed by atoms with E-state index in [1.54, 1.807) is 23.5 Å². The third kappa shape index (κ3) is 3.52. The lowest BCUT2D eigenvalue weighted by atomic mass is 10.1. The van der Waals surface area contributed by atoms with Crippen LogP contribution in [0.15, 0.2) is 35.7 Å². The van der Waals surface area contributed by atoms with Gasteiger partial charge in [0.25, 0.3) is 5.91 Å². The lowest BCUT2D eigenvalue weighted by Gasteiger charge is -2.15. The van der Waals surface area contributed by atoms with E-state index in [-0.39, 0.29) is 11.9 Å². The van der Waals surface area contributed by atoms with Crippen molar-refractivity contribution in [3.63, 3.8) is 0 Å². The number of anilines is 1. The van der Waals surface area contributed by atoms with Crippen molar-refractivity contribution in [1.29, 1.82) is 0 Å². The highest BCUT2D eigenvalue weighted by Gasteiger charge is 2.15. The van der Waals surface area contributed by atoms with Crippen LogP contribution in [0.2, 0.25) is 5.02 Å². The Kier molecular flexibility index (Phi) is 5.04. The number of carbonyl (C=O) groups is 1. The van der Waals surface area contributed by atoms with Gasteiger partial charge in [-0.2, -0.15) is 0 Å². The summed E-state index contributed by atoms with van der Waals surface area (Å²) in [6.07, 6.45) is 0. The first-order chi connectivity index (χ1) is 9.61. The Labute approximate surface area is 128 Å². The Balaban J connectivity index is 2.18. The van der Waals surface area contributed by atoms with Crippen molar-refractivity contribution in [2.45, 2.75) is 19.9 Å². The lowest BCUT2D eigenvalue weighted by molar-refractivity contribution is 0.0941. The normalized spacial score (nSPS) is 11.9. The van der Waals surface area contributed by atoms with E-state index in [1.807, 2.05) is 37.4 Å². The molecule has 5 heteroatoms. The average Bonchev–Trinajstić information content (AvgIpc) is 2.95. The molecule has 0 bridgehead atoms. The number of thiophene rings is 1. The van der Waals surface area contributed by atoms with Gasteiger partial charge in [0.05, 0.1) is 11.6 Å². The highest BCUT2D eigenvalue weighted by atomic mass is 35.5. The third-order valence-corrected chi connectivity index (χ3v) is 4.20. The van der Waals surface area contributed by atoms with E-state index >= 15 is 0 Å². The predicted octanol–water partition coefficient (Wildman–Crippen LogP) is 4.32. The maximum absolute atomic E-state index is 12.4. The minimum absolute atomic E-state index is 0.0176. The Morgan fingerprint density at radius 1 is 1.40 bits per heavy atom. The van der Waals surface area contributed by atoms with Gasteiger partial charge in [-0.1, -0.05) is 17.7 Å². The van der Waals surface area contributed by atoms with Gasteiger partial charge < -0.3 is 10.6 Å². The summed E-state index contributed by atoms with van der Waals surface area (Å²) in [5.41, 5.74) is 1.37. The van der Waals surface area contributed by atoms with Crippen LogP contribution in [0, 0.1) is 0 Å². The van der Waals surface area contributed by atoms with Gasteiger partial charge in [-0.15, -0.1) is 11.3 Å². The molecule has 1 heterocycles. The van der Waals surface area contributed by atoms with Gasteiger partial charge in [0.15, 0.2) is 0 Å². The zero-order valence-corrected chi connectivity index (χ0v) is 13.0. The molecule has 3 nitrogen and oxygen atoms in total. The molecule has 2 rings (SSSR count). The number of amides is 1. The second kappa shape index (κ2) is 6.77. The molecule has 0 aliphatic rings. The minimum Gasteiger partial charge on any atom is -0.385 e. The van der Waals surface area contributed by atoms with Crippen molar-refractivity contribution in [3.05, 3.63) is 51.2 Å². The van der Waals surface area contributed by atoms with E-state index in [1.165, 1.54) is 0 Å². The van der Waals surface area contributed by atoms with Crippen LogP contribution in [0.4, 0.5) is 5.69 Å². The van der Waals surface area contributed by atoms with Crippen molar-refractivity contribution in [2.24, 2.45) is 0 Å². The molecule has 20 heavy (non-hydrogen) atoms. The standard InChI is InChI=1S/C15H17ClN2OS/c1-3-17-13-7-6-11(16)9-12(13)15(19)18-10(2)14-5-4-8-20-14/h4-10,17H,3H2,1-2H3,(H,18,19). The van der Waals surface area contributed by atoms with E-state index in [9.17, 15) is 4.79 Å². The molecule has 2 aromatic rings. The molecule has 1 aromatic heterocycles. The highest BCUT2D eigenvalue weighted by molar-refractivity contribution is 7.10. The molecular formula is C15H17ClN2OS. The Bertz CT molecular complexity index is 584. The quantitative estimate of drug-likeness (QED) is 0.863. The van der Waals surface area contributed by atoms with Gasteiger partial charge in [0, 0.05) is 22.1 Å². The second-order valence-corrected chi connectivity index (χ2v) is 5.85. The van der Waals surface area contributed by atoms with Crippen molar-refractivity contribution in [2.75, 3.05) is 11.9 Å². The fourth-order valence-electron chi connectivity index (χ4n) is 1.93. The number of hydrogen-bond acceptors (Lipinski definition) is 3. The molecule has 0 spiro atoms. The molecule has 0 fully saturated rings. The van der Waals surface area contributed by atoms with E-state index < -0.39 is 0 Å². The van der Waals surface area contributed by atoms with Crippen molar-refractivity contribution in [1.82, 2.24) is 5.32 Å². The van der Waals surface area contributed by atoms with Crippen molar-refractivity contribution in [3.8, 4) is 0 Å². The SMILES string of the molecule is CCNc1ccc(Cl)cc1C(=O)NC(C)c1cccs1. The largest absolute Gasteiger partial charge is 0.385 e. The molecule has 1 unspecified atom stereocenters. The molecule has 0 radical (unpaired) electrons. The summed E-state index contributed by atoms with van der Waals surface area (Å²) < 4.78 is 0. The van der Waals surface area contributed by atoms with Gasteiger partial charge in [0.1, 0.15) is 0 Å². The summed E-state index contributed by atoms with van der Waals surface area (Å²) in [6.45, 7) is 4.72. The monoisotopic (exact) mass is 308 g/mol. The Morgan fingerprint density at radius 2 is 2.20 bits per heavy atom. The summed E-state index contributed by atoms with van der Waals surface area (Å²) >= 11 is 7.62. The third-order valence-electron chi connectivity index (χ3n) is 2.91. The molecule has 0 aliphatic heterocycles. The van der Waals surface area contributed by atoms with Crippen LogP contribution in [0.5, 0.6) is 0 Å². The van der Waals surface area contributed by atoms with Crippen LogP contribution in [0.1, 0.15) is 35.1 Å². The van der Waals surface area contributed by atoms with Gasteiger partial charge in [-0.3, -0.25) is 4.79 Å². The molecule has 0 saturated heterocycles. The lowest BCUT2D eigenvalue weighted by Crippen LogP contribution is -2.27. The maximum atomic E-state index is 12.4. The molecule has 1 atom stereocenters. The number of benzene rings is 1. The molecule has 0 saturated carbocycles. The summed E-state index contributed by atoms with van der Waals surface area (Å²) in [7, 11) is 0. The number of nitrogens with one attached hydrogen (secondary N) is 2. The van der Waals surface area contributed by atoms with Crippen molar-refractivity contribution < 1.29 is 4.79 Å². The maximum Gasteiger partial charge on any atom is 0.253 e. The summed E-state index contributed by atoms with van der Waals surface area (Å²) in [6, 6.07) is 9.27. The molecule has 106 valence electrons. The number of halogens is 1. The number of hydrogen-bond donors (Lipinski definition) is 2. The van der Waals surface area contributed by atoms with Gasteiger partial charge >= 0.3 is 0 Å². The first-order valence-corrected chi connectivity index (χ1v) is 7.75. The Hall–Kier alpha value is -1.52. The molecule has 1 amide bonds. The highest BCUT2D eigenvalue weighted by Crippen LogP contribution is 2.23. The van der Waals surface area contributed by atoms with Gasteiger partial charge in [-0.25, -0.2) is 0 Å². The van der Waals surface area contributed by atoms with E-state index in [0.29, 0.717) is 10.6 Å². The average molecular weight is 309 g/mol. The fraction of sp³-hybridized carbons (Fsp3) is 0.267. The second-order valence-electron chi connectivity index (χ2n) is 4.43. The number of rotatable bonds is 5. The smallest absolute Gasteiger partial charge is 0.253 e. The molecular weight excluding hydrogens is 292 g/mol. The van der Waals surface area contributed by atoms with E-state index in [2.05, 4.69) is 10.6 Å². The van der Waals surface area contributed by atoms with Crippen LogP contribution < -0.4 is 10.6 Å².